The lowest BCUT2D eigenvalue weighted by atomic mass is 10.2. The van der Waals surface area contributed by atoms with Crippen LogP contribution < -0.4 is 9.80 Å². The molecule has 0 N–H and O–H groups in total. The van der Waals surface area contributed by atoms with E-state index in [1.807, 2.05) is 42.6 Å². The van der Waals surface area contributed by atoms with E-state index in [4.69, 9.17) is 9.40 Å². The summed E-state index contributed by atoms with van der Waals surface area (Å²) in [6, 6.07) is 15.9. The number of nitrogens with zero attached hydrogens (tertiary/aromatic N) is 4. The van der Waals surface area contributed by atoms with Crippen LogP contribution in [-0.2, 0) is 0 Å². The van der Waals surface area contributed by atoms with Gasteiger partial charge in [-0.05, 0) is 36.4 Å². The molecule has 5 nitrogen and oxygen atoms in total. The molecule has 3 aromatic heterocycles. The van der Waals surface area contributed by atoms with Crippen LogP contribution >= 0.6 is 0 Å². The SMILES string of the molecule is c1ccc(N2CCN(c3cccc(-c4ccco4)n3)CC2)nc1. The van der Waals surface area contributed by atoms with E-state index in [2.05, 4.69) is 26.9 Å². The summed E-state index contributed by atoms with van der Waals surface area (Å²) >= 11 is 0. The van der Waals surface area contributed by atoms with Gasteiger partial charge in [-0.1, -0.05) is 12.1 Å². The van der Waals surface area contributed by atoms with Gasteiger partial charge in [-0.15, -0.1) is 0 Å². The van der Waals surface area contributed by atoms with Crippen molar-refractivity contribution in [3.05, 3.63) is 61.0 Å². The van der Waals surface area contributed by atoms with E-state index in [0.717, 1.165) is 49.3 Å². The molecule has 1 aliphatic rings. The van der Waals surface area contributed by atoms with Crippen LogP contribution in [0.5, 0.6) is 0 Å². The van der Waals surface area contributed by atoms with Crippen LogP contribution in [0, 0.1) is 0 Å². The van der Waals surface area contributed by atoms with Crippen LogP contribution in [0.4, 0.5) is 11.6 Å². The number of pyridine rings is 2. The van der Waals surface area contributed by atoms with Crippen LogP contribution in [0.1, 0.15) is 0 Å². The van der Waals surface area contributed by atoms with Crippen LogP contribution in [0.3, 0.4) is 0 Å². The molecule has 0 saturated carbocycles. The van der Waals surface area contributed by atoms with Crippen molar-refractivity contribution >= 4 is 11.6 Å². The number of anilines is 2. The fourth-order valence-corrected chi connectivity index (χ4v) is 2.87. The Morgan fingerprint density at radius 1 is 0.783 bits per heavy atom. The van der Waals surface area contributed by atoms with E-state index in [9.17, 15) is 0 Å². The molecule has 116 valence electrons. The van der Waals surface area contributed by atoms with Gasteiger partial charge >= 0.3 is 0 Å². The zero-order valence-electron chi connectivity index (χ0n) is 12.8. The Labute approximate surface area is 135 Å². The highest BCUT2D eigenvalue weighted by Crippen LogP contribution is 2.22. The number of piperazine rings is 1. The van der Waals surface area contributed by atoms with Gasteiger partial charge in [0, 0.05) is 32.4 Å². The monoisotopic (exact) mass is 306 g/mol. The minimum absolute atomic E-state index is 0.805. The van der Waals surface area contributed by atoms with Crippen LogP contribution in [0.25, 0.3) is 11.5 Å². The molecule has 1 saturated heterocycles. The topological polar surface area (TPSA) is 45.4 Å². The number of furan rings is 1. The Morgan fingerprint density at radius 2 is 1.57 bits per heavy atom. The van der Waals surface area contributed by atoms with Gasteiger partial charge in [0.05, 0.1) is 6.26 Å². The molecule has 1 aliphatic heterocycles. The molecule has 4 heterocycles. The van der Waals surface area contributed by atoms with Gasteiger partial charge in [-0.2, -0.15) is 0 Å². The highest BCUT2D eigenvalue weighted by Gasteiger charge is 2.19. The molecule has 3 aromatic rings. The molecule has 0 amide bonds. The van der Waals surface area contributed by atoms with Crippen LogP contribution in [0.2, 0.25) is 0 Å². The van der Waals surface area contributed by atoms with Gasteiger partial charge in [0.1, 0.15) is 17.3 Å². The van der Waals surface area contributed by atoms with E-state index in [1.54, 1.807) is 6.26 Å². The maximum Gasteiger partial charge on any atom is 0.152 e. The average molecular weight is 306 g/mol. The molecule has 23 heavy (non-hydrogen) atoms. The lowest BCUT2D eigenvalue weighted by molar-refractivity contribution is 0.579. The van der Waals surface area contributed by atoms with Gasteiger partial charge in [0.2, 0.25) is 0 Å². The second-order valence-corrected chi connectivity index (χ2v) is 5.52. The fraction of sp³-hybridized carbons (Fsp3) is 0.222. The molecule has 0 atom stereocenters. The van der Waals surface area contributed by atoms with Crippen LogP contribution in [0.15, 0.2) is 65.4 Å². The maximum atomic E-state index is 5.44. The highest BCUT2D eigenvalue weighted by atomic mass is 16.3. The number of hydrogen-bond acceptors (Lipinski definition) is 5. The molecule has 0 radical (unpaired) electrons. The predicted octanol–water partition coefficient (Wildman–Crippen LogP) is 3.06. The summed E-state index contributed by atoms with van der Waals surface area (Å²) in [6.07, 6.45) is 3.52. The van der Waals surface area contributed by atoms with E-state index in [1.165, 1.54) is 0 Å². The van der Waals surface area contributed by atoms with Crippen molar-refractivity contribution in [3.63, 3.8) is 0 Å². The van der Waals surface area contributed by atoms with Crippen molar-refractivity contribution in [2.75, 3.05) is 36.0 Å². The summed E-state index contributed by atoms with van der Waals surface area (Å²) in [5.74, 6) is 2.85. The van der Waals surface area contributed by atoms with Crippen molar-refractivity contribution in [3.8, 4) is 11.5 Å². The molecule has 4 rings (SSSR count). The molecule has 0 aromatic carbocycles. The second-order valence-electron chi connectivity index (χ2n) is 5.52. The predicted molar refractivity (Wildman–Crippen MR) is 90.6 cm³/mol. The first-order valence-electron chi connectivity index (χ1n) is 7.82. The summed E-state index contributed by atoms with van der Waals surface area (Å²) in [5.41, 5.74) is 0.875. The molecule has 1 fully saturated rings. The normalized spacial score (nSPS) is 15.0. The summed E-state index contributed by atoms with van der Waals surface area (Å²) in [6.45, 7) is 3.77. The van der Waals surface area contributed by atoms with Gasteiger partial charge in [-0.25, -0.2) is 9.97 Å². The van der Waals surface area contributed by atoms with E-state index < -0.39 is 0 Å². The molecular weight excluding hydrogens is 288 g/mol. The van der Waals surface area contributed by atoms with Crippen molar-refractivity contribution < 1.29 is 4.42 Å². The van der Waals surface area contributed by atoms with Crippen LogP contribution in [-0.4, -0.2) is 36.1 Å². The standard InChI is InChI=1S/C18H18N4O/c1-2-9-19-17(7-1)21-10-12-22(13-11-21)18-8-3-5-15(20-18)16-6-4-14-23-16/h1-9,14H,10-13H2. The Hall–Kier alpha value is -2.82. The average Bonchev–Trinajstić information content (AvgIpc) is 3.18. The molecule has 0 spiro atoms. The highest BCUT2D eigenvalue weighted by molar-refractivity contribution is 5.56. The lowest BCUT2D eigenvalue weighted by Gasteiger charge is -2.36. The molecule has 0 bridgehead atoms. The largest absolute Gasteiger partial charge is 0.463 e. The second kappa shape index (κ2) is 6.12. The zero-order valence-corrected chi connectivity index (χ0v) is 12.8. The molecule has 0 aliphatic carbocycles. The molecular formula is C18H18N4O. The Kier molecular flexibility index (Phi) is 3.68. The first-order chi connectivity index (χ1) is 11.4. The summed E-state index contributed by atoms with van der Waals surface area (Å²) in [4.78, 5) is 13.8. The Balaban J connectivity index is 1.47. The van der Waals surface area contributed by atoms with Gasteiger partial charge in [0.15, 0.2) is 5.76 Å². The third-order valence-electron chi connectivity index (χ3n) is 4.08. The summed E-state index contributed by atoms with van der Waals surface area (Å²) in [5, 5.41) is 0. The van der Waals surface area contributed by atoms with E-state index >= 15 is 0 Å². The molecule has 0 unspecified atom stereocenters. The Morgan fingerprint density at radius 3 is 2.26 bits per heavy atom. The smallest absolute Gasteiger partial charge is 0.152 e. The van der Waals surface area contributed by atoms with Crippen molar-refractivity contribution in [2.24, 2.45) is 0 Å². The number of hydrogen-bond donors (Lipinski definition) is 0. The quantitative estimate of drug-likeness (QED) is 0.744. The lowest BCUT2D eigenvalue weighted by Crippen LogP contribution is -2.47. The summed E-state index contributed by atoms with van der Waals surface area (Å²) in [7, 11) is 0. The first kappa shape index (κ1) is 13.8. The minimum atomic E-state index is 0.805. The fourth-order valence-electron chi connectivity index (χ4n) is 2.87. The maximum absolute atomic E-state index is 5.44. The van der Waals surface area contributed by atoms with Crippen molar-refractivity contribution in [1.82, 2.24) is 9.97 Å². The van der Waals surface area contributed by atoms with E-state index in [-0.39, 0.29) is 0 Å². The van der Waals surface area contributed by atoms with Crippen molar-refractivity contribution in [2.45, 2.75) is 0 Å². The van der Waals surface area contributed by atoms with Gasteiger partial charge < -0.3 is 14.2 Å². The third kappa shape index (κ3) is 2.90. The third-order valence-corrected chi connectivity index (χ3v) is 4.08. The molecule has 5 heteroatoms. The first-order valence-corrected chi connectivity index (χ1v) is 7.82. The van der Waals surface area contributed by atoms with Crippen molar-refractivity contribution in [1.29, 1.82) is 0 Å². The van der Waals surface area contributed by atoms with Gasteiger partial charge in [-0.3, -0.25) is 0 Å². The minimum Gasteiger partial charge on any atom is -0.463 e. The zero-order chi connectivity index (χ0) is 15.5. The number of aromatic nitrogens is 2. The summed E-state index contributed by atoms with van der Waals surface area (Å²) < 4.78 is 5.44. The van der Waals surface area contributed by atoms with Gasteiger partial charge in [0.25, 0.3) is 0 Å². The Bertz CT molecular complexity index is 750. The number of rotatable bonds is 3. The van der Waals surface area contributed by atoms with E-state index in [0.29, 0.717) is 0 Å².